The minimum atomic E-state index is 1.25. The third-order valence-corrected chi connectivity index (χ3v) is 9.99. The standard InChI is InChI=1S/C46H28.C2H6/c1-5-15-35-29(10-1)14-9-19-39(35)46-41-27-25-31-12-3-7-17-37(31)44(41)43(40-26-24-32-13-4-8-18-38(32)45(40)46)34-23-22-33-21-20-30-11-2-6-16-36(30)42(33)28-34;1-2/h1-28H;1-2H3. The molecule has 10 aromatic rings. The molecule has 0 aliphatic heterocycles. The van der Waals surface area contributed by atoms with Crippen molar-refractivity contribution in [1.29, 1.82) is 0 Å². The van der Waals surface area contributed by atoms with E-state index in [-0.39, 0.29) is 0 Å². The van der Waals surface area contributed by atoms with Gasteiger partial charge >= 0.3 is 0 Å². The number of hydrogen-bond donors (Lipinski definition) is 0. The lowest BCUT2D eigenvalue weighted by Gasteiger charge is -2.22. The molecule has 0 atom stereocenters. The van der Waals surface area contributed by atoms with E-state index in [1.807, 2.05) is 13.8 Å². The Morgan fingerprint density at radius 3 is 1.33 bits per heavy atom. The molecule has 0 saturated heterocycles. The van der Waals surface area contributed by atoms with E-state index < -0.39 is 0 Å². The third kappa shape index (κ3) is 4.23. The van der Waals surface area contributed by atoms with Gasteiger partial charge < -0.3 is 0 Å². The highest BCUT2D eigenvalue weighted by atomic mass is 14.2. The Kier molecular flexibility index (Phi) is 6.69. The lowest BCUT2D eigenvalue weighted by molar-refractivity contribution is 1.50. The van der Waals surface area contributed by atoms with E-state index >= 15 is 0 Å². The molecule has 0 unspecified atom stereocenters. The molecule has 0 fully saturated rings. The van der Waals surface area contributed by atoms with Crippen LogP contribution in [0.2, 0.25) is 0 Å². The van der Waals surface area contributed by atoms with Gasteiger partial charge in [0.2, 0.25) is 0 Å². The second-order valence-electron chi connectivity index (χ2n) is 12.4. The first-order chi connectivity index (χ1) is 23.8. The molecule has 0 aromatic heterocycles. The Bertz CT molecular complexity index is 2850. The fourth-order valence-electron chi connectivity index (χ4n) is 7.95. The average Bonchev–Trinajstić information content (AvgIpc) is 3.17. The van der Waals surface area contributed by atoms with Crippen molar-refractivity contribution in [2.24, 2.45) is 0 Å². The van der Waals surface area contributed by atoms with Crippen molar-refractivity contribution < 1.29 is 0 Å². The summed E-state index contributed by atoms with van der Waals surface area (Å²) in [5.41, 5.74) is 5.12. The third-order valence-electron chi connectivity index (χ3n) is 9.99. The second-order valence-corrected chi connectivity index (χ2v) is 12.4. The molecular weight excluding hydrogens is 577 g/mol. The lowest BCUT2D eigenvalue weighted by Crippen LogP contribution is -1.94. The molecule has 0 nitrogen and oxygen atoms in total. The number of benzene rings is 10. The van der Waals surface area contributed by atoms with Crippen molar-refractivity contribution in [2.45, 2.75) is 13.8 Å². The predicted molar refractivity (Wildman–Crippen MR) is 211 cm³/mol. The van der Waals surface area contributed by atoms with Gasteiger partial charge in [0.15, 0.2) is 0 Å². The van der Waals surface area contributed by atoms with Gasteiger partial charge in [-0.1, -0.05) is 178 Å². The summed E-state index contributed by atoms with van der Waals surface area (Å²) < 4.78 is 0. The molecule has 0 saturated carbocycles. The maximum atomic E-state index is 2.43. The molecule has 0 aliphatic carbocycles. The van der Waals surface area contributed by atoms with E-state index in [0.717, 1.165) is 0 Å². The van der Waals surface area contributed by atoms with Crippen LogP contribution in [0.4, 0.5) is 0 Å². The summed E-state index contributed by atoms with van der Waals surface area (Å²) in [7, 11) is 0. The topological polar surface area (TPSA) is 0 Å². The molecule has 0 heterocycles. The molecule has 10 aromatic carbocycles. The molecule has 0 aliphatic rings. The smallest absolute Gasteiger partial charge is 0.00137 e. The molecule has 226 valence electrons. The maximum absolute atomic E-state index is 2.43. The molecule has 0 N–H and O–H groups in total. The van der Waals surface area contributed by atoms with Crippen LogP contribution in [-0.4, -0.2) is 0 Å². The minimum Gasteiger partial charge on any atom is -0.0683 e. The minimum absolute atomic E-state index is 1.25. The molecule has 48 heavy (non-hydrogen) atoms. The van der Waals surface area contributed by atoms with Gasteiger partial charge in [0.1, 0.15) is 0 Å². The predicted octanol–water partition coefficient (Wildman–Crippen LogP) is 14.1. The Balaban J connectivity index is 0.00000154. The molecular formula is C48H34. The first kappa shape index (κ1) is 28.3. The highest BCUT2D eigenvalue weighted by Gasteiger charge is 2.21. The van der Waals surface area contributed by atoms with Crippen LogP contribution in [0.1, 0.15) is 13.8 Å². The summed E-state index contributed by atoms with van der Waals surface area (Å²) in [5, 5.41) is 17.9. The normalized spacial score (nSPS) is 11.5. The first-order valence-electron chi connectivity index (χ1n) is 17.0. The number of hydrogen-bond acceptors (Lipinski definition) is 0. The maximum Gasteiger partial charge on any atom is -0.00137 e. The van der Waals surface area contributed by atoms with Gasteiger partial charge in [-0.3, -0.25) is 0 Å². The van der Waals surface area contributed by atoms with Crippen molar-refractivity contribution >= 4 is 75.4 Å². The lowest BCUT2D eigenvalue weighted by atomic mass is 9.81. The molecule has 10 rings (SSSR count). The molecule has 0 heteroatoms. The van der Waals surface area contributed by atoms with Gasteiger partial charge in [0.05, 0.1) is 0 Å². The van der Waals surface area contributed by atoms with Crippen LogP contribution >= 0.6 is 0 Å². The van der Waals surface area contributed by atoms with Gasteiger partial charge in [0.25, 0.3) is 0 Å². The summed E-state index contributed by atoms with van der Waals surface area (Å²) in [6.07, 6.45) is 0. The summed E-state index contributed by atoms with van der Waals surface area (Å²) in [6, 6.07) is 63.0. The van der Waals surface area contributed by atoms with Crippen molar-refractivity contribution in [3.05, 3.63) is 170 Å². The largest absolute Gasteiger partial charge is 0.0683 e. The quantitative estimate of drug-likeness (QED) is 0.135. The fourth-order valence-corrected chi connectivity index (χ4v) is 7.95. The highest BCUT2D eigenvalue weighted by molar-refractivity contribution is 6.33. The fraction of sp³-hybridized carbons (Fsp3) is 0.0417. The highest BCUT2D eigenvalue weighted by Crippen LogP contribution is 2.49. The molecule has 0 spiro atoms. The second kappa shape index (κ2) is 11.4. The van der Waals surface area contributed by atoms with E-state index in [0.29, 0.717) is 0 Å². The molecule has 0 bridgehead atoms. The Morgan fingerprint density at radius 2 is 0.688 bits per heavy atom. The van der Waals surface area contributed by atoms with Gasteiger partial charge in [-0.25, -0.2) is 0 Å². The van der Waals surface area contributed by atoms with E-state index in [9.17, 15) is 0 Å². The van der Waals surface area contributed by atoms with Crippen molar-refractivity contribution in [3.8, 4) is 22.3 Å². The van der Waals surface area contributed by atoms with Crippen LogP contribution in [0.5, 0.6) is 0 Å². The monoisotopic (exact) mass is 610 g/mol. The number of rotatable bonds is 2. The van der Waals surface area contributed by atoms with Crippen molar-refractivity contribution in [3.63, 3.8) is 0 Å². The van der Waals surface area contributed by atoms with E-state index in [1.54, 1.807) is 0 Å². The Hall–Kier alpha value is -5.98. The van der Waals surface area contributed by atoms with E-state index in [1.165, 1.54) is 97.7 Å². The van der Waals surface area contributed by atoms with E-state index in [2.05, 4.69) is 170 Å². The summed E-state index contributed by atoms with van der Waals surface area (Å²) >= 11 is 0. The van der Waals surface area contributed by atoms with Crippen LogP contribution in [-0.2, 0) is 0 Å². The van der Waals surface area contributed by atoms with E-state index in [4.69, 9.17) is 0 Å². The van der Waals surface area contributed by atoms with Crippen LogP contribution in [0.3, 0.4) is 0 Å². The van der Waals surface area contributed by atoms with Gasteiger partial charge in [-0.05, 0) is 104 Å². The summed E-state index contributed by atoms with van der Waals surface area (Å²) in [5.74, 6) is 0. The van der Waals surface area contributed by atoms with Crippen molar-refractivity contribution in [2.75, 3.05) is 0 Å². The SMILES string of the molecule is CC.c1ccc2c(-c3c4ccc5ccccc5c4c(-c4ccc5ccc6ccccc6c5c4)c4ccc5ccccc5c34)cccc2c1. The Labute approximate surface area is 280 Å². The number of fused-ring (bicyclic) bond motifs is 10. The van der Waals surface area contributed by atoms with Gasteiger partial charge in [0, 0.05) is 0 Å². The summed E-state index contributed by atoms with van der Waals surface area (Å²) in [4.78, 5) is 0. The first-order valence-corrected chi connectivity index (χ1v) is 17.0. The molecule has 0 amide bonds. The van der Waals surface area contributed by atoms with Gasteiger partial charge in [-0.15, -0.1) is 0 Å². The zero-order chi connectivity index (χ0) is 32.2. The Morgan fingerprint density at radius 1 is 0.271 bits per heavy atom. The molecule has 0 radical (unpaired) electrons. The zero-order valence-corrected chi connectivity index (χ0v) is 27.2. The van der Waals surface area contributed by atoms with Crippen molar-refractivity contribution in [1.82, 2.24) is 0 Å². The van der Waals surface area contributed by atoms with Gasteiger partial charge in [-0.2, -0.15) is 0 Å². The van der Waals surface area contributed by atoms with Crippen LogP contribution in [0, 0.1) is 0 Å². The zero-order valence-electron chi connectivity index (χ0n) is 27.2. The van der Waals surface area contributed by atoms with Crippen LogP contribution < -0.4 is 0 Å². The van der Waals surface area contributed by atoms with Crippen LogP contribution in [0.15, 0.2) is 170 Å². The summed E-state index contributed by atoms with van der Waals surface area (Å²) in [6.45, 7) is 4.00. The average molecular weight is 611 g/mol. The van der Waals surface area contributed by atoms with Crippen LogP contribution in [0.25, 0.3) is 97.7 Å².